The summed E-state index contributed by atoms with van der Waals surface area (Å²) < 4.78 is 65.0. The van der Waals surface area contributed by atoms with Crippen LogP contribution in [0.3, 0.4) is 0 Å². The van der Waals surface area contributed by atoms with Gasteiger partial charge >= 0.3 is 18.1 Å². The van der Waals surface area contributed by atoms with Crippen LogP contribution in [0.5, 0.6) is 0 Å². The topological polar surface area (TPSA) is 26.3 Å². The smallest absolute Gasteiger partial charge is 0.456 e. The molecule has 0 spiro atoms. The molecule has 1 aromatic carbocycles. The Morgan fingerprint density at radius 1 is 1.11 bits per heavy atom. The van der Waals surface area contributed by atoms with E-state index in [1.54, 1.807) is 0 Å². The highest BCUT2D eigenvalue weighted by Gasteiger charge is 2.64. The lowest BCUT2D eigenvalue weighted by molar-refractivity contribution is -0.281. The van der Waals surface area contributed by atoms with Crippen molar-refractivity contribution in [3.63, 3.8) is 0 Å². The van der Waals surface area contributed by atoms with Gasteiger partial charge in [-0.1, -0.05) is 28.1 Å². The Labute approximate surface area is 107 Å². The molecule has 0 bridgehead atoms. The molecule has 0 aromatic heterocycles. The summed E-state index contributed by atoms with van der Waals surface area (Å²) >= 11 is 3.11. The minimum absolute atomic E-state index is 0.296. The van der Waals surface area contributed by atoms with Crippen LogP contribution in [0.4, 0.5) is 22.0 Å². The maximum Gasteiger partial charge on any atom is 0.465 e. The lowest BCUT2D eigenvalue weighted by atomic mass is 10.2. The van der Waals surface area contributed by atoms with Gasteiger partial charge < -0.3 is 4.74 Å². The zero-order chi connectivity index (χ0) is 14.0. The van der Waals surface area contributed by atoms with E-state index in [2.05, 4.69) is 20.7 Å². The van der Waals surface area contributed by atoms with Crippen LogP contribution in [0.15, 0.2) is 28.7 Å². The average Bonchev–Trinajstić information content (AvgIpc) is 2.26. The maximum absolute atomic E-state index is 12.5. The van der Waals surface area contributed by atoms with Crippen molar-refractivity contribution in [2.24, 2.45) is 0 Å². The highest BCUT2D eigenvalue weighted by atomic mass is 79.9. The van der Waals surface area contributed by atoms with Crippen LogP contribution in [0.25, 0.3) is 0 Å². The van der Waals surface area contributed by atoms with Gasteiger partial charge in [-0.2, -0.15) is 22.0 Å². The first-order chi connectivity index (χ1) is 8.14. The van der Waals surface area contributed by atoms with Gasteiger partial charge in [-0.25, -0.2) is 4.79 Å². The second kappa shape index (κ2) is 5.21. The fourth-order valence-electron chi connectivity index (χ4n) is 0.936. The number of rotatable bonds is 3. The molecule has 0 saturated carbocycles. The SMILES string of the molecule is O=C(OCc1ccc(Br)cc1)C(F)(F)C(F)(F)F. The average molecular weight is 333 g/mol. The largest absolute Gasteiger partial charge is 0.465 e. The molecular formula is C10H6BrF5O2. The number of halogens is 6. The first-order valence-electron chi connectivity index (χ1n) is 4.51. The van der Waals surface area contributed by atoms with E-state index in [1.807, 2.05) is 0 Å². The van der Waals surface area contributed by atoms with Crippen molar-refractivity contribution in [1.82, 2.24) is 0 Å². The third-order valence-corrected chi connectivity index (χ3v) is 2.42. The number of alkyl halides is 5. The van der Waals surface area contributed by atoms with Crippen molar-refractivity contribution in [2.75, 3.05) is 0 Å². The number of hydrogen-bond acceptors (Lipinski definition) is 2. The third-order valence-electron chi connectivity index (χ3n) is 1.90. The summed E-state index contributed by atoms with van der Waals surface area (Å²) in [6, 6.07) is 5.91. The van der Waals surface area contributed by atoms with Gasteiger partial charge in [0.05, 0.1) is 0 Å². The molecule has 0 unspecified atom stereocenters. The summed E-state index contributed by atoms with van der Waals surface area (Å²) in [5, 5.41) is 0. The third kappa shape index (κ3) is 3.41. The summed E-state index contributed by atoms with van der Waals surface area (Å²) in [7, 11) is 0. The van der Waals surface area contributed by atoms with Crippen LogP contribution in [0.1, 0.15) is 5.56 Å². The highest BCUT2D eigenvalue weighted by Crippen LogP contribution is 2.36. The van der Waals surface area contributed by atoms with Gasteiger partial charge in [-0.05, 0) is 17.7 Å². The molecule has 0 aliphatic rings. The Morgan fingerprint density at radius 3 is 2.06 bits per heavy atom. The first kappa shape index (κ1) is 14.9. The minimum atomic E-state index is -5.95. The molecule has 0 aliphatic heterocycles. The molecule has 2 nitrogen and oxygen atoms in total. The molecule has 1 rings (SSSR count). The van der Waals surface area contributed by atoms with E-state index in [4.69, 9.17) is 0 Å². The lowest BCUT2D eigenvalue weighted by Gasteiger charge is -2.17. The van der Waals surface area contributed by atoms with Crippen LogP contribution in [0, 0.1) is 0 Å². The molecule has 1 aromatic rings. The zero-order valence-corrected chi connectivity index (χ0v) is 10.2. The fraction of sp³-hybridized carbons (Fsp3) is 0.300. The molecule has 8 heteroatoms. The van der Waals surface area contributed by atoms with Crippen molar-refractivity contribution in [2.45, 2.75) is 18.7 Å². The number of carbonyl (C=O) groups excluding carboxylic acids is 1. The van der Waals surface area contributed by atoms with Crippen molar-refractivity contribution in [3.05, 3.63) is 34.3 Å². The molecule has 0 N–H and O–H groups in total. The number of carbonyl (C=O) groups is 1. The van der Waals surface area contributed by atoms with Gasteiger partial charge in [0.15, 0.2) is 0 Å². The van der Waals surface area contributed by atoms with Crippen molar-refractivity contribution in [3.8, 4) is 0 Å². The van der Waals surface area contributed by atoms with Crippen molar-refractivity contribution in [1.29, 1.82) is 0 Å². The van der Waals surface area contributed by atoms with E-state index in [0.29, 0.717) is 10.0 Å². The quantitative estimate of drug-likeness (QED) is 0.623. The predicted octanol–water partition coefficient (Wildman–Crippen LogP) is 3.69. The van der Waals surface area contributed by atoms with E-state index in [0.717, 1.165) is 0 Å². The predicted molar refractivity (Wildman–Crippen MR) is 54.9 cm³/mol. The summed E-state index contributed by atoms with van der Waals surface area (Å²) in [5.74, 6) is -8.11. The molecule has 0 saturated heterocycles. The standard InChI is InChI=1S/C10H6BrF5O2/c11-7-3-1-6(2-4-7)5-18-8(17)9(12,13)10(14,15)16/h1-4H,5H2. The van der Waals surface area contributed by atoms with Gasteiger partial charge in [0.25, 0.3) is 0 Å². The van der Waals surface area contributed by atoms with E-state index < -0.39 is 24.7 Å². The van der Waals surface area contributed by atoms with Gasteiger partial charge in [-0.3, -0.25) is 0 Å². The van der Waals surface area contributed by atoms with E-state index in [1.165, 1.54) is 24.3 Å². The second-order valence-electron chi connectivity index (χ2n) is 3.27. The fourth-order valence-corrected chi connectivity index (χ4v) is 1.20. The van der Waals surface area contributed by atoms with Gasteiger partial charge in [0, 0.05) is 4.47 Å². The Kier molecular flexibility index (Phi) is 4.31. The molecule has 0 fully saturated rings. The molecular weight excluding hydrogens is 327 g/mol. The molecule has 100 valence electrons. The molecule has 18 heavy (non-hydrogen) atoms. The summed E-state index contributed by atoms with van der Waals surface area (Å²) in [5.41, 5.74) is 0.296. The summed E-state index contributed by atoms with van der Waals surface area (Å²) in [6.45, 7) is -0.655. The van der Waals surface area contributed by atoms with Gasteiger partial charge in [-0.15, -0.1) is 0 Å². The number of benzene rings is 1. The van der Waals surface area contributed by atoms with Crippen LogP contribution in [0.2, 0.25) is 0 Å². The van der Waals surface area contributed by atoms with E-state index >= 15 is 0 Å². The molecule has 0 atom stereocenters. The monoisotopic (exact) mass is 332 g/mol. The van der Waals surface area contributed by atoms with Crippen molar-refractivity contribution < 1.29 is 31.5 Å². The highest BCUT2D eigenvalue weighted by molar-refractivity contribution is 9.10. The van der Waals surface area contributed by atoms with Gasteiger partial charge in [0.1, 0.15) is 6.61 Å². The number of hydrogen-bond donors (Lipinski definition) is 0. The zero-order valence-electron chi connectivity index (χ0n) is 8.60. The summed E-state index contributed by atoms with van der Waals surface area (Å²) in [6.07, 6.45) is -5.95. The van der Waals surface area contributed by atoms with E-state index in [9.17, 15) is 26.7 Å². The second-order valence-corrected chi connectivity index (χ2v) is 4.19. The van der Waals surface area contributed by atoms with Gasteiger partial charge in [0.2, 0.25) is 0 Å². The Morgan fingerprint density at radius 2 is 1.61 bits per heavy atom. The molecule has 0 aliphatic carbocycles. The first-order valence-corrected chi connectivity index (χ1v) is 5.30. The van der Waals surface area contributed by atoms with Crippen LogP contribution >= 0.6 is 15.9 Å². The summed E-state index contributed by atoms with van der Waals surface area (Å²) in [4.78, 5) is 10.7. The molecule has 0 heterocycles. The van der Waals surface area contributed by atoms with Crippen LogP contribution in [-0.2, 0) is 16.1 Å². The molecule has 0 amide bonds. The maximum atomic E-state index is 12.5. The molecule has 0 radical (unpaired) electrons. The lowest BCUT2D eigenvalue weighted by Crippen LogP contribution is -2.45. The van der Waals surface area contributed by atoms with Crippen LogP contribution in [-0.4, -0.2) is 18.1 Å². The van der Waals surface area contributed by atoms with Crippen LogP contribution < -0.4 is 0 Å². The van der Waals surface area contributed by atoms with E-state index in [-0.39, 0.29) is 0 Å². The Hall–Kier alpha value is -1.18. The van der Waals surface area contributed by atoms with Crippen molar-refractivity contribution >= 4 is 21.9 Å². The Balaban J connectivity index is 2.64. The number of ether oxygens (including phenoxy) is 1. The minimum Gasteiger partial charge on any atom is -0.456 e. The normalized spacial score (nSPS) is 12.3. The Bertz CT molecular complexity index is 427. The number of esters is 1.